The molecule has 5 nitrogen and oxygen atoms in total. The molecule has 4 N–H and O–H groups in total. The van der Waals surface area contributed by atoms with Gasteiger partial charge in [0.1, 0.15) is 5.54 Å². The number of carboxylic acid groups (broad SMARTS) is 1. The topological polar surface area (TPSA) is 92.4 Å². The van der Waals surface area contributed by atoms with E-state index >= 15 is 0 Å². The molecule has 0 radical (unpaired) electrons. The summed E-state index contributed by atoms with van der Waals surface area (Å²) in [7, 11) is 0. The molecule has 16 heavy (non-hydrogen) atoms. The van der Waals surface area contributed by atoms with Gasteiger partial charge in [-0.25, -0.2) is 4.79 Å². The van der Waals surface area contributed by atoms with Crippen molar-refractivity contribution in [3.05, 3.63) is 0 Å². The van der Waals surface area contributed by atoms with E-state index in [0.29, 0.717) is 38.1 Å². The van der Waals surface area contributed by atoms with Crippen LogP contribution < -0.4 is 11.1 Å². The zero-order valence-corrected chi connectivity index (χ0v) is 9.66. The van der Waals surface area contributed by atoms with Crippen LogP contribution >= 0.6 is 0 Å². The molecule has 1 aliphatic rings. The quantitative estimate of drug-likeness (QED) is 0.616. The van der Waals surface area contributed by atoms with E-state index in [2.05, 4.69) is 5.32 Å². The van der Waals surface area contributed by atoms with E-state index in [1.165, 1.54) is 0 Å². The standard InChI is InChI=1S/C11H20N2O3/c1-8(7-12)3-4-9(14)13-11(10(15)16)5-2-6-11/h8H,2-7,12H2,1H3,(H,13,14)(H,15,16). The number of amides is 1. The molecule has 0 heterocycles. The Morgan fingerprint density at radius 3 is 2.50 bits per heavy atom. The van der Waals surface area contributed by atoms with E-state index in [9.17, 15) is 9.59 Å². The number of hydrogen-bond acceptors (Lipinski definition) is 3. The van der Waals surface area contributed by atoms with E-state index in [1.807, 2.05) is 6.92 Å². The maximum Gasteiger partial charge on any atom is 0.329 e. The third kappa shape index (κ3) is 2.95. The van der Waals surface area contributed by atoms with Gasteiger partial charge in [-0.3, -0.25) is 4.79 Å². The molecule has 0 aromatic rings. The number of aliphatic carboxylic acids is 1. The maximum absolute atomic E-state index is 11.6. The molecule has 0 aromatic heterocycles. The van der Waals surface area contributed by atoms with Crippen molar-refractivity contribution in [2.75, 3.05) is 6.54 Å². The van der Waals surface area contributed by atoms with Gasteiger partial charge in [-0.15, -0.1) is 0 Å². The van der Waals surface area contributed by atoms with E-state index in [1.54, 1.807) is 0 Å². The van der Waals surface area contributed by atoms with Gasteiger partial charge in [-0.05, 0) is 38.1 Å². The lowest BCUT2D eigenvalue weighted by molar-refractivity contribution is -0.151. The van der Waals surface area contributed by atoms with E-state index in [4.69, 9.17) is 10.8 Å². The number of carbonyl (C=O) groups excluding carboxylic acids is 1. The van der Waals surface area contributed by atoms with E-state index < -0.39 is 11.5 Å². The van der Waals surface area contributed by atoms with Crippen LogP contribution in [0.25, 0.3) is 0 Å². The summed E-state index contributed by atoms with van der Waals surface area (Å²) in [6, 6.07) is 0. The van der Waals surface area contributed by atoms with E-state index in [-0.39, 0.29) is 5.91 Å². The molecule has 1 unspecified atom stereocenters. The minimum Gasteiger partial charge on any atom is -0.480 e. The van der Waals surface area contributed by atoms with Crippen molar-refractivity contribution in [1.29, 1.82) is 0 Å². The van der Waals surface area contributed by atoms with Gasteiger partial charge < -0.3 is 16.2 Å². The number of rotatable bonds is 6. The van der Waals surface area contributed by atoms with Crippen LogP contribution in [-0.2, 0) is 9.59 Å². The molecule has 5 heteroatoms. The first-order valence-corrected chi connectivity index (χ1v) is 5.74. The summed E-state index contributed by atoms with van der Waals surface area (Å²) in [5.74, 6) is -0.797. The van der Waals surface area contributed by atoms with Gasteiger partial charge in [0.2, 0.25) is 5.91 Å². The summed E-state index contributed by atoms with van der Waals surface area (Å²) >= 11 is 0. The van der Waals surface area contributed by atoms with Crippen LogP contribution in [0.1, 0.15) is 39.0 Å². The highest BCUT2D eigenvalue weighted by atomic mass is 16.4. The molecule has 1 aliphatic carbocycles. The minimum atomic E-state index is -0.983. The number of nitrogens with one attached hydrogen (secondary N) is 1. The third-order valence-corrected chi connectivity index (χ3v) is 3.26. The monoisotopic (exact) mass is 228 g/mol. The summed E-state index contributed by atoms with van der Waals surface area (Å²) < 4.78 is 0. The number of nitrogens with two attached hydrogens (primary N) is 1. The van der Waals surface area contributed by atoms with Crippen LogP contribution in [0.3, 0.4) is 0 Å². The Labute approximate surface area is 95.4 Å². The van der Waals surface area contributed by atoms with Crippen molar-refractivity contribution in [3.63, 3.8) is 0 Å². The van der Waals surface area contributed by atoms with Gasteiger partial charge >= 0.3 is 5.97 Å². The highest BCUT2D eigenvalue weighted by Crippen LogP contribution is 2.32. The second-order valence-electron chi connectivity index (χ2n) is 4.67. The van der Waals surface area contributed by atoms with Gasteiger partial charge in [0.15, 0.2) is 0 Å². The smallest absolute Gasteiger partial charge is 0.329 e. The summed E-state index contributed by atoms with van der Waals surface area (Å²) in [5, 5.41) is 11.7. The van der Waals surface area contributed by atoms with Gasteiger partial charge in [-0.1, -0.05) is 6.92 Å². The first-order chi connectivity index (χ1) is 7.50. The Balaban J connectivity index is 2.36. The zero-order chi connectivity index (χ0) is 12.2. The van der Waals surface area contributed by atoms with Gasteiger partial charge in [0, 0.05) is 6.42 Å². The molecule has 1 rings (SSSR count). The fourth-order valence-electron chi connectivity index (χ4n) is 1.75. The average molecular weight is 228 g/mol. The Hall–Kier alpha value is -1.10. The molecule has 1 saturated carbocycles. The molecule has 0 spiro atoms. The molecular weight excluding hydrogens is 208 g/mol. The summed E-state index contributed by atoms with van der Waals surface area (Å²) in [6.07, 6.45) is 3.01. The second kappa shape index (κ2) is 5.30. The summed E-state index contributed by atoms with van der Waals surface area (Å²) in [5.41, 5.74) is 4.46. The molecule has 92 valence electrons. The van der Waals surface area contributed by atoms with E-state index in [0.717, 1.165) is 6.42 Å². The van der Waals surface area contributed by atoms with Crippen molar-refractivity contribution in [3.8, 4) is 0 Å². The fourth-order valence-corrected chi connectivity index (χ4v) is 1.75. The first-order valence-electron chi connectivity index (χ1n) is 5.74. The highest BCUT2D eigenvalue weighted by Gasteiger charge is 2.45. The van der Waals surface area contributed by atoms with Crippen LogP contribution in [0.4, 0.5) is 0 Å². The Morgan fingerprint density at radius 1 is 1.50 bits per heavy atom. The average Bonchev–Trinajstić information content (AvgIpc) is 2.19. The molecule has 0 aliphatic heterocycles. The number of carboxylic acids is 1. The predicted octanol–water partition coefficient (Wildman–Crippen LogP) is 0.485. The Kier molecular flexibility index (Phi) is 4.29. The summed E-state index contributed by atoms with van der Waals surface area (Å²) in [4.78, 5) is 22.6. The zero-order valence-electron chi connectivity index (χ0n) is 9.66. The predicted molar refractivity (Wildman–Crippen MR) is 59.8 cm³/mol. The van der Waals surface area contributed by atoms with Crippen molar-refractivity contribution >= 4 is 11.9 Å². The van der Waals surface area contributed by atoms with Crippen LogP contribution in [0.2, 0.25) is 0 Å². The summed E-state index contributed by atoms with van der Waals surface area (Å²) in [6.45, 7) is 2.53. The molecule has 0 bridgehead atoms. The lowest BCUT2D eigenvalue weighted by Crippen LogP contribution is -2.59. The molecule has 1 amide bonds. The molecule has 0 saturated heterocycles. The molecule has 1 fully saturated rings. The molecule has 0 aromatic carbocycles. The second-order valence-corrected chi connectivity index (χ2v) is 4.67. The Morgan fingerprint density at radius 2 is 2.12 bits per heavy atom. The third-order valence-electron chi connectivity index (χ3n) is 3.26. The van der Waals surface area contributed by atoms with Crippen LogP contribution in [0.15, 0.2) is 0 Å². The van der Waals surface area contributed by atoms with Gasteiger partial charge in [-0.2, -0.15) is 0 Å². The van der Waals surface area contributed by atoms with Crippen molar-refractivity contribution in [2.24, 2.45) is 11.7 Å². The highest BCUT2D eigenvalue weighted by molar-refractivity contribution is 5.87. The van der Waals surface area contributed by atoms with Crippen LogP contribution in [0, 0.1) is 5.92 Å². The number of carbonyl (C=O) groups is 2. The normalized spacial score (nSPS) is 19.6. The van der Waals surface area contributed by atoms with Crippen molar-refractivity contribution in [1.82, 2.24) is 5.32 Å². The maximum atomic E-state index is 11.6. The van der Waals surface area contributed by atoms with Gasteiger partial charge in [0.05, 0.1) is 0 Å². The number of hydrogen-bond donors (Lipinski definition) is 3. The first kappa shape index (κ1) is 13.0. The van der Waals surface area contributed by atoms with Crippen molar-refractivity contribution in [2.45, 2.75) is 44.6 Å². The largest absolute Gasteiger partial charge is 0.480 e. The Bertz CT molecular complexity index is 274. The van der Waals surface area contributed by atoms with Crippen LogP contribution in [-0.4, -0.2) is 29.1 Å². The van der Waals surface area contributed by atoms with Gasteiger partial charge in [0.25, 0.3) is 0 Å². The minimum absolute atomic E-state index is 0.178. The molecule has 1 atom stereocenters. The fraction of sp³-hybridized carbons (Fsp3) is 0.818. The van der Waals surface area contributed by atoms with Crippen LogP contribution in [0.5, 0.6) is 0 Å². The lowest BCUT2D eigenvalue weighted by Gasteiger charge is -2.38. The molecular formula is C11H20N2O3. The van der Waals surface area contributed by atoms with Crippen molar-refractivity contribution < 1.29 is 14.7 Å². The lowest BCUT2D eigenvalue weighted by atomic mass is 9.76. The SMILES string of the molecule is CC(CN)CCC(=O)NC1(C(=O)O)CCC1.